The number of guanidine groups is 1. The van der Waals surface area contributed by atoms with E-state index in [1.54, 1.807) is 17.6 Å². The van der Waals surface area contributed by atoms with Gasteiger partial charge in [-0.3, -0.25) is 4.90 Å². The highest BCUT2D eigenvalue weighted by Gasteiger charge is 2.08. The van der Waals surface area contributed by atoms with Crippen LogP contribution >= 0.6 is 11.3 Å². The van der Waals surface area contributed by atoms with Crippen LogP contribution in [-0.2, 0) is 32.6 Å². The first-order valence-electron chi connectivity index (χ1n) is 10.4. The van der Waals surface area contributed by atoms with E-state index in [-0.39, 0.29) is 0 Å². The van der Waals surface area contributed by atoms with Gasteiger partial charge in [-0.1, -0.05) is 31.2 Å². The monoisotopic (exact) mass is 425 g/mol. The first-order valence-corrected chi connectivity index (χ1v) is 11.2. The average Bonchev–Trinajstić information content (AvgIpc) is 3.43. The van der Waals surface area contributed by atoms with Gasteiger partial charge in [-0.05, 0) is 43.7 Å². The second-order valence-electron chi connectivity index (χ2n) is 7.14. The Kier molecular flexibility index (Phi) is 8.47. The molecule has 2 heterocycles. The van der Waals surface area contributed by atoms with Gasteiger partial charge in [0.05, 0.1) is 25.9 Å². The summed E-state index contributed by atoms with van der Waals surface area (Å²) >= 11 is 1.75. The molecule has 0 spiro atoms. The van der Waals surface area contributed by atoms with Gasteiger partial charge in [0.15, 0.2) is 5.96 Å². The molecule has 0 saturated heterocycles. The summed E-state index contributed by atoms with van der Waals surface area (Å²) in [6.07, 6.45) is 4.70. The predicted octanol–water partition coefficient (Wildman–Crippen LogP) is 4.19. The summed E-state index contributed by atoms with van der Waals surface area (Å²) in [5, 5.41) is 7.81. The number of aryl methyl sites for hydroxylation is 1. The molecule has 6 nitrogen and oxygen atoms in total. The lowest BCUT2D eigenvalue weighted by Crippen LogP contribution is -2.36. The average molecular weight is 426 g/mol. The smallest absolute Gasteiger partial charge is 0.191 e. The Morgan fingerprint density at radius 1 is 1.10 bits per heavy atom. The Hall–Kier alpha value is -2.64. The van der Waals surface area contributed by atoms with Crippen molar-refractivity contribution >= 4 is 17.3 Å². The Morgan fingerprint density at radius 3 is 2.63 bits per heavy atom. The summed E-state index contributed by atoms with van der Waals surface area (Å²) in [6.45, 7) is 7.98. The van der Waals surface area contributed by atoms with Crippen LogP contribution in [0.1, 0.15) is 40.6 Å². The lowest BCUT2D eigenvalue weighted by atomic mass is 10.1. The van der Waals surface area contributed by atoms with Gasteiger partial charge in [0.1, 0.15) is 10.8 Å². The Morgan fingerprint density at radius 2 is 1.93 bits per heavy atom. The highest BCUT2D eigenvalue weighted by Crippen LogP contribution is 2.15. The summed E-state index contributed by atoms with van der Waals surface area (Å²) < 4.78 is 5.47. The molecule has 1 aromatic carbocycles. The molecule has 0 atom stereocenters. The van der Waals surface area contributed by atoms with Crippen LogP contribution in [0.3, 0.4) is 0 Å². The topological polar surface area (TPSA) is 65.7 Å². The molecule has 30 heavy (non-hydrogen) atoms. The molecule has 0 unspecified atom stereocenters. The fourth-order valence-corrected chi connectivity index (χ4v) is 3.94. The number of aliphatic imine (C=N–C) groups is 1. The second-order valence-corrected chi connectivity index (χ2v) is 8.34. The van der Waals surface area contributed by atoms with Gasteiger partial charge in [-0.15, -0.1) is 11.3 Å². The standard InChI is InChI=1S/C23H31N5OS/c1-4-21-14-25-22(30-21)15-27-23(24-5-2)26-13-18-9-6-7-10-19(18)16-28(3)17-20-11-8-12-29-20/h6-12,14H,4-5,13,15-17H2,1-3H3,(H2,24,26,27). The molecule has 0 amide bonds. The summed E-state index contributed by atoms with van der Waals surface area (Å²) in [7, 11) is 2.10. The number of hydrogen-bond donors (Lipinski definition) is 2. The second kappa shape index (κ2) is 11.5. The SMILES string of the molecule is CCNC(=NCc1ccccc1CN(C)Cc1ccco1)NCc1ncc(CC)s1. The molecule has 0 radical (unpaired) electrons. The zero-order valence-electron chi connectivity index (χ0n) is 18.0. The molecule has 2 aromatic heterocycles. The first kappa shape index (κ1) is 22.1. The number of furan rings is 1. The normalized spacial score (nSPS) is 11.8. The number of nitrogens with one attached hydrogen (secondary N) is 2. The quantitative estimate of drug-likeness (QED) is 0.377. The van der Waals surface area contributed by atoms with Gasteiger partial charge < -0.3 is 15.1 Å². The van der Waals surface area contributed by atoms with Crippen LogP contribution in [0.5, 0.6) is 0 Å². The Bertz CT molecular complexity index is 919. The maximum atomic E-state index is 5.47. The highest BCUT2D eigenvalue weighted by molar-refractivity contribution is 7.11. The molecule has 0 aliphatic heterocycles. The number of benzene rings is 1. The van der Waals surface area contributed by atoms with Crippen molar-refractivity contribution in [1.29, 1.82) is 0 Å². The molecule has 3 rings (SSSR count). The van der Waals surface area contributed by atoms with E-state index in [0.29, 0.717) is 13.1 Å². The molecule has 7 heteroatoms. The van der Waals surface area contributed by atoms with Gasteiger partial charge >= 0.3 is 0 Å². The number of hydrogen-bond acceptors (Lipinski definition) is 5. The van der Waals surface area contributed by atoms with Gasteiger partial charge in [-0.25, -0.2) is 9.98 Å². The predicted molar refractivity (Wildman–Crippen MR) is 123 cm³/mol. The van der Waals surface area contributed by atoms with E-state index in [1.807, 2.05) is 18.3 Å². The van der Waals surface area contributed by atoms with Crippen LogP contribution in [0.4, 0.5) is 0 Å². The number of rotatable bonds is 10. The lowest BCUT2D eigenvalue weighted by Gasteiger charge is -2.17. The third-order valence-corrected chi connectivity index (χ3v) is 5.81. The van der Waals surface area contributed by atoms with Crippen LogP contribution in [-0.4, -0.2) is 29.4 Å². The van der Waals surface area contributed by atoms with Crippen LogP contribution in [0, 0.1) is 0 Å². The molecule has 0 aliphatic carbocycles. The van der Waals surface area contributed by atoms with E-state index in [1.165, 1.54) is 16.0 Å². The number of aromatic nitrogens is 1. The minimum atomic E-state index is 0.623. The Labute approximate surface area is 183 Å². The van der Waals surface area contributed by atoms with Gasteiger partial charge in [0, 0.05) is 24.2 Å². The van der Waals surface area contributed by atoms with E-state index < -0.39 is 0 Å². The lowest BCUT2D eigenvalue weighted by molar-refractivity contribution is 0.287. The van der Waals surface area contributed by atoms with Crippen LogP contribution < -0.4 is 10.6 Å². The fraction of sp³-hybridized carbons (Fsp3) is 0.391. The summed E-state index contributed by atoms with van der Waals surface area (Å²) in [5.41, 5.74) is 2.50. The van der Waals surface area contributed by atoms with Crippen molar-refractivity contribution < 1.29 is 4.42 Å². The van der Waals surface area contributed by atoms with Crippen molar-refractivity contribution in [2.75, 3.05) is 13.6 Å². The zero-order chi connectivity index (χ0) is 21.2. The van der Waals surface area contributed by atoms with Gasteiger partial charge in [0.25, 0.3) is 0 Å². The van der Waals surface area contributed by atoms with Crippen molar-refractivity contribution in [3.63, 3.8) is 0 Å². The molecule has 0 bridgehead atoms. The molecule has 2 N–H and O–H groups in total. The molecule has 3 aromatic rings. The summed E-state index contributed by atoms with van der Waals surface area (Å²) in [5.74, 6) is 1.78. The first-order chi connectivity index (χ1) is 14.7. The number of thiazole rings is 1. The maximum Gasteiger partial charge on any atom is 0.191 e. The molecular formula is C23H31N5OS. The molecule has 0 aliphatic rings. The highest BCUT2D eigenvalue weighted by atomic mass is 32.1. The summed E-state index contributed by atoms with van der Waals surface area (Å²) in [4.78, 5) is 12.8. The number of nitrogens with zero attached hydrogens (tertiary/aromatic N) is 3. The molecule has 0 fully saturated rings. The van der Waals surface area contributed by atoms with Gasteiger partial charge in [-0.2, -0.15) is 0 Å². The van der Waals surface area contributed by atoms with E-state index in [9.17, 15) is 0 Å². The minimum absolute atomic E-state index is 0.623. The van der Waals surface area contributed by atoms with Crippen molar-refractivity contribution in [2.24, 2.45) is 4.99 Å². The van der Waals surface area contributed by atoms with E-state index in [2.05, 4.69) is 65.7 Å². The van der Waals surface area contributed by atoms with E-state index >= 15 is 0 Å². The molecular weight excluding hydrogens is 394 g/mol. The molecule has 160 valence electrons. The maximum absolute atomic E-state index is 5.47. The van der Waals surface area contributed by atoms with Crippen molar-refractivity contribution in [3.8, 4) is 0 Å². The molecule has 0 saturated carbocycles. The van der Waals surface area contributed by atoms with Crippen molar-refractivity contribution in [1.82, 2.24) is 20.5 Å². The van der Waals surface area contributed by atoms with Crippen LogP contribution in [0.2, 0.25) is 0 Å². The minimum Gasteiger partial charge on any atom is -0.468 e. The fourth-order valence-electron chi connectivity index (χ4n) is 3.14. The third kappa shape index (κ3) is 6.71. The summed E-state index contributed by atoms with van der Waals surface area (Å²) in [6, 6.07) is 12.4. The van der Waals surface area contributed by atoms with Crippen LogP contribution in [0.15, 0.2) is 58.3 Å². The van der Waals surface area contributed by atoms with Gasteiger partial charge in [0.2, 0.25) is 0 Å². The van der Waals surface area contributed by atoms with Crippen molar-refractivity contribution in [3.05, 3.63) is 75.6 Å². The van der Waals surface area contributed by atoms with E-state index in [4.69, 9.17) is 9.41 Å². The third-order valence-electron chi connectivity index (χ3n) is 4.67. The Balaban J connectivity index is 1.61. The zero-order valence-corrected chi connectivity index (χ0v) is 18.8. The van der Waals surface area contributed by atoms with Crippen LogP contribution in [0.25, 0.3) is 0 Å². The largest absolute Gasteiger partial charge is 0.468 e. The van der Waals surface area contributed by atoms with E-state index in [0.717, 1.165) is 42.8 Å². The van der Waals surface area contributed by atoms with Crippen molar-refractivity contribution in [2.45, 2.75) is 46.4 Å².